The average Bonchev–Trinajstić information content (AvgIpc) is 2.46. The number of nitrogens with zero attached hydrogens (tertiary/aromatic N) is 2. The molecule has 21 heavy (non-hydrogen) atoms. The lowest BCUT2D eigenvalue weighted by atomic mass is 10.1. The number of imide groups is 1. The van der Waals surface area contributed by atoms with E-state index in [-0.39, 0.29) is 5.56 Å². The van der Waals surface area contributed by atoms with Crippen LogP contribution in [0.25, 0.3) is 10.9 Å². The summed E-state index contributed by atoms with van der Waals surface area (Å²) < 4.78 is 1.37. The second-order valence-corrected chi connectivity index (χ2v) is 4.78. The number of carbonyl (C=O) groups excluding carboxylic acids is 2. The lowest BCUT2D eigenvalue weighted by Crippen LogP contribution is -2.38. The molecule has 0 aliphatic carbocycles. The Kier molecular flexibility index (Phi) is 4.47. The van der Waals surface area contributed by atoms with Gasteiger partial charge in [0, 0.05) is 0 Å². The van der Waals surface area contributed by atoms with Gasteiger partial charge in [0.25, 0.3) is 5.56 Å². The van der Waals surface area contributed by atoms with Gasteiger partial charge in [-0.2, -0.15) is 0 Å². The summed E-state index contributed by atoms with van der Waals surface area (Å²) in [5, 5.41) is 2.59. The number of aromatic nitrogens is 2. The van der Waals surface area contributed by atoms with Crippen molar-refractivity contribution < 1.29 is 9.59 Å². The van der Waals surface area contributed by atoms with Crippen LogP contribution >= 0.6 is 0 Å². The molecule has 0 aliphatic rings. The van der Waals surface area contributed by atoms with Crippen molar-refractivity contribution in [1.82, 2.24) is 14.9 Å². The van der Waals surface area contributed by atoms with Gasteiger partial charge in [-0.15, -0.1) is 0 Å². The van der Waals surface area contributed by atoms with Gasteiger partial charge in [-0.25, -0.2) is 4.98 Å². The maximum absolute atomic E-state index is 12.6. The van der Waals surface area contributed by atoms with Crippen molar-refractivity contribution in [2.24, 2.45) is 0 Å². The number of benzene rings is 1. The number of nitrogens with one attached hydrogen (secondary N) is 1. The van der Waals surface area contributed by atoms with Gasteiger partial charge in [-0.1, -0.05) is 25.5 Å². The van der Waals surface area contributed by atoms with Gasteiger partial charge in [0.1, 0.15) is 11.9 Å². The largest absolute Gasteiger partial charge is 0.297 e. The molecule has 0 aliphatic heterocycles. The molecule has 0 spiro atoms. The molecule has 0 saturated heterocycles. The van der Waals surface area contributed by atoms with E-state index in [4.69, 9.17) is 0 Å². The zero-order valence-corrected chi connectivity index (χ0v) is 12.0. The minimum Gasteiger partial charge on any atom is -0.297 e. The summed E-state index contributed by atoms with van der Waals surface area (Å²) in [5.41, 5.74) is 0.333. The number of hydrogen-bond donors (Lipinski definition) is 1. The molecule has 1 heterocycles. The molecular weight excluding hydrogens is 270 g/mol. The summed E-state index contributed by atoms with van der Waals surface area (Å²) in [7, 11) is 0. The molecule has 6 nitrogen and oxygen atoms in total. The minimum absolute atomic E-state index is 0.266. The molecule has 0 bridgehead atoms. The summed E-state index contributed by atoms with van der Waals surface area (Å²) in [4.78, 5) is 39.6. The van der Waals surface area contributed by atoms with Crippen molar-refractivity contribution in [2.75, 3.05) is 0 Å². The van der Waals surface area contributed by atoms with Gasteiger partial charge >= 0.3 is 0 Å². The quantitative estimate of drug-likeness (QED) is 0.841. The van der Waals surface area contributed by atoms with E-state index in [1.54, 1.807) is 31.2 Å². The van der Waals surface area contributed by atoms with Crippen molar-refractivity contribution in [3.05, 3.63) is 40.4 Å². The second-order valence-electron chi connectivity index (χ2n) is 4.78. The van der Waals surface area contributed by atoms with E-state index in [1.807, 2.05) is 6.92 Å². The Morgan fingerprint density at radius 1 is 1.43 bits per heavy atom. The summed E-state index contributed by atoms with van der Waals surface area (Å²) >= 11 is 0. The summed E-state index contributed by atoms with van der Waals surface area (Å²) in [6.07, 6.45) is 1.50. The third kappa shape index (κ3) is 2.84. The number of para-hydroxylation sites is 1. The minimum atomic E-state index is -0.732. The maximum atomic E-state index is 12.6. The monoisotopic (exact) mass is 287 g/mol. The molecule has 2 rings (SSSR count). The summed E-state index contributed by atoms with van der Waals surface area (Å²) in [6, 6.07) is 6.27. The molecule has 2 aromatic rings. The van der Waals surface area contributed by atoms with Crippen molar-refractivity contribution in [2.45, 2.75) is 32.7 Å². The van der Waals surface area contributed by atoms with Gasteiger partial charge in [0.15, 0.2) is 0 Å². The van der Waals surface area contributed by atoms with Crippen LogP contribution in [0.3, 0.4) is 0 Å². The Hall–Kier alpha value is -2.50. The summed E-state index contributed by atoms with van der Waals surface area (Å²) in [5.74, 6) is -0.0349. The first-order valence-corrected chi connectivity index (χ1v) is 6.82. The van der Waals surface area contributed by atoms with Crippen LogP contribution in [0.4, 0.5) is 0 Å². The molecule has 0 radical (unpaired) electrons. The normalized spacial score (nSPS) is 12.1. The van der Waals surface area contributed by atoms with Crippen molar-refractivity contribution in [1.29, 1.82) is 0 Å². The van der Waals surface area contributed by atoms with Crippen LogP contribution in [0, 0.1) is 6.92 Å². The fourth-order valence-electron chi connectivity index (χ4n) is 2.43. The van der Waals surface area contributed by atoms with E-state index in [9.17, 15) is 14.4 Å². The van der Waals surface area contributed by atoms with Crippen LogP contribution in [0.1, 0.15) is 31.6 Å². The average molecular weight is 287 g/mol. The van der Waals surface area contributed by atoms with Crippen LogP contribution in [0.15, 0.2) is 29.1 Å². The molecule has 110 valence electrons. The number of rotatable bonds is 5. The Balaban J connectivity index is 2.64. The number of fused-ring (bicyclic) bond motifs is 1. The summed E-state index contributed by atoms with van der Waals surface area (Å²) in [6.45, 7) is 3.60. The van der Waals surface area contributed by atoms with E-state index in [2.05, 4.69) is 10.3 Å². The standard InChI is InChI=1S/C15H17N3O3/c1-3-6-13(14(20)16-9-19)18-10(2)17-12-8-5-4-7-11(12)15(18)21/h4-5,7-9,13H,3,6H2,1-2H3,(H,16,19,20). The molecule has 0 fully saturated rings. The van der Waals surface area contributed by atoms with E-state index in [0.717, 1.165) is 0 Å². The second kappa shape index (κ2) is 6.30. The highest BCUT2D eigenvalue weighted by molar-refractivity contribution is 5.89. The van der Waals surface area contributed by atoms with Gasteiger partial charge in [0.2, 0.25) is 12.3 Å². The lowest BCUT2D eigenvalue weighted by Gasteiger charge is -2.19. The van der Waals surface area contributed by atoms with Crippen LogP contribution in [-0.4, -0.2) is 21.9 Å². The third-order valence-electron chi connectivity index (χ3n) is 3.36. The first-order valence-electron chi connectivity index (χ1n) is 6.82. The Labute approximate surface area is 121 Å². The molecule has 1 unspecified atom stereocenters. The third-order valence-corrected chi connectivity index (χ3v) is 3.36. The Morgan fingerprint density at radius 3 is 2.81 bits per heavy atom. The molecule has 1 aromatic carbocycles. The van der Waals surface area contributed by atoms with E-state index in [0.29, 0.717) is 36.0 Å². The first-order chi connectivity index (χ1) is 10.1. The van der Waals surface area contributed by atoms with E-state index >= 15 is 0 Å². The molecule has 1 N–H and O–H groups in total. The molecule has 1 atom stereocenters. The van der Waals surface area contributed by atoms with Crippen LogP contribution < -0.4 is 10.9 Å². The highest BCUT2D eigenvalue weighted by Crippen LogP contribution is 2.16. The van der Waals surface area contributed by atoms with E-state index < -0.39 is 11.9 Å². The number of amides is 2. The molecule has 0 saturated carbocycles. The van der Waals surface area contributed by atoms with Crippen molar-refractivity contribution >= 4 is 23.2 Å². The molecular formula is C15H17N3O3. The number of aryl methyl sites for hydroxylation is 1. The SMILES string of the molecule is CCCC(C(=O)NC=O)n1c(C)nc2ccccc2c1=O. The van der Waals surface area contributed by atoms with Crippen molar-refractivity contribution in [3.63, 3.8) is 0 Å². The Morgan fingerprint density at radius 2 is 2.14 bits per heavy atom. The molecule has 1 aromatic heterocycles. The zero-order chi connectivity index (χ0) is 15.4. The number of carbonyl (C=O) groups is 2. The maximum Gasteiger partial charge on any atom is 0.262 e. The van der Waals surface area contributed by atoms with Gasteiger partial charge in [0.05, 0.1) is 10.9 Å². The molecule has 2 amide bonds. The highest BCUT2D eigenvalue weighted by Gasteiger charge is 2.23. The first kappa shape index (κ1) is 14.9. The smallest absolute Gasteiger partial charge is 0.262 e. The van der Waals surface area contributed by atoms with Crippen molar-refractivity contribution in [3.8, 4) is 0 Å². The van der Waals surface area contributed by atoms with Crippen LogP contribution in [0.5, 0.6) is 0 Å². The predicted octanol–water partition coefficient (Wildman–Crippen LogP) is 1.32. The zero-order valence-electron chi connectivity index (χ0n) is 12.0. The van der Waals surface area contributed by atoms with Crippen LogP contribution in [-0.2, 0) is 9.59 Å². The van der Waals surface area contributed by atoms with Gasteiger partial charge < -0.3 is 0 Å². The highest BCUT2D eigenvalue weighted by atomic mass is 16.2. The fourth-order valence-corrected chi connectivity index (χ4v) is 2.43. The Bertz CT molecular complexity index is 737. The van der Waals surface area contributed by atoms with Crippen LogP contribution in [0.2, 0.25) is 0 Å². The topological polar surface area (TPSA) is 81.1 Å². The lowest BCUT2D eigenvalue weighted by molar-refractivity contribution is -0.128. The fraction of sp³-hybridized carbons (Fsp3) is 0.333. The molecule has 6 heteroatoms. The van der Waals surface area contributed by atoms with Gasteiger partial charge in [-0.3, -0.25) is 24.3 Å². The predicted molar refractivity (Wildman–Crippen MR) is 78.9 cm³/mol. The van der Waals surface area contributed by atoms with Gasteiger partial charge in [-0.05, 0) is 25.5 Å². The number of hydrogen-bond acceptors (Lipinski definition) is 4. The van der Waals surface area contributed by atoms with E-state index in [1.165, 1.54) is 4.57 Å².